The van der Waals surface area contributed by atoms with Gasteiger partial charge in [-0.25, -0.2) is 0 Å². The maximum Gasteiger partial charge on any atom is 0.242 e. The Morgan fingerprint density at radius 2 is 1.89 bits per heavy atom. The van der Waals surface area contributed by atoms with Gasteiger partial charge < -0.3 is 40.3 Å². The second-order valence-corrected chi connectivity index (χ2v) is 6.73. The van der Waals surface area contributed by atoms with Gasteiger partial charge in [0, 0.05) is 33.9 Å². The zero-order chi connectivity index (χ0) is 20.3. The van der Waals surface area contributed by atoms with Gasteiger partial charge in [0.2, 0.25) is 17.7 Å². The lowest BCUT2D eigenvalue weighted by Gasteiger charge is -2.42. The molecule has 0 radical (unpaired) electrons. The fourth-order valence-corrected chi connectivity index (χ4v) is 3.44. The lowest BCUT2D eigenvalue weighted by Crippen LogP contribution is -2.65. The summed E-state index contributed by atoms with van der Waals surface area (Å²) in [7, 11) is 1.47. The number of likely N-dealkylation sites (tertiary alicyclic amines) is 1. The molecule has 2 fully saturated rings. The fourth-order valence-electron chi connectivity index (χ4n) is 3.44. The minimum Gasteiger partial charge on any atom is -0.394 e. The number of aliphatic hydroxyl groups excluding tert-OH is 3. The molecule has 2 aliphatic heterocycles. The minimum atomic E-state index is -1.43. The summed E-state index contributed by atoms with van der Waals surface area (Å²) >= 11 is 0. The second kappa shape index (κ2) is 8.93. The number of amides is 3. The first-order chi connectivity index (χ1) is 12.7. The van der Waals surface area contributed by atoms with E-state index in [2.05, 4.69) is 10.6 Å². The van der Waals surface area contributed by atoms with Crippen LogP contribution < -0.4 is 10.6 Å². The molecular weight excluding hydrogens is 362 g/mol. The third kappa shape index (κ3) is 4.74. The number of nitrogens with zero attached hydrogens (tertiary/aromatic N) is 1. The van der Waals surface area contributed by atoms with Gasteiger partial charge in [-0.1, -0.05) is 0 Å². The van der Waals surface area contributed by atoms with Crippen LogP contribution in [-0.2, 0) is 23.9 Å². The van der Waals surface area contributed by atoms with Crippen LogP contribution in [0.1, 0.15) is 20.3 Å². The molecule has 0 saturated carbocycles. The highest BCUT2D eigenvalue weighted by Gasteiger charge is 2.48. The van der Waals surface area contributed by atoms with E-state index in [0.717, 1.165) is 0 Å². The lowest BCUT2D eigenvalue weighted by atomic mass is 9.97. The van der Waals surface area contributed by atoms with Crippen LogP contribution in [-0.4, -0.2) is 101 Å². The van der Waals surface area contributed by atoms with Gasteiger partial charge in [0.15, 0.2) is 6.29 Å². The van der Waals surface area contributed by atoms with E-state index in [1.165, 1.54) is 25.8 Å². The van der Waals surface area contributed by atoms with Crippen LogP contribution in [0.3, 0.4) is 0 Å². The molecule has 0 aromatic heterocycles. The summed E-state index contributed by atoms with van der Waals surface area (Å²) in [6.45, 7) is 2.15. The van der Waals surface area contributed by atoms with E-state index >= 15 is 0 Å². The fraction of sp³-hybridized carbons (Fsp3) is 0.812. The molecular formula is C16H27N3O8. The van der Waals surface area contributed by atoms with Gasteiger partial charge >= 0.3 is 0 Å². The Balaban J connectivity index is 2.15. The van der Waals surface area contributed by atoms with E-state index < -0.39 is 55.3 Å². The number of likely N-dealkylation sites (N-methyl/N-ethyl adjacent to an activating group) is 1. The summed E-state index contributed by atoms with van der Waals surface area (Å²) < 4.78 is 11.3. The van der Waals surface area contributed by atoms with Crippen LogP contribution in [0.2, 0.25) is 0 Å². The maximum absolute atomic E-state index is 12.0. The molecule has 27 heavy (non-hydrogen) atoms. The van der Waals surface area contributed by atoms with Crippen molar-refractivity contribution in [2.45, 2.75) is 63.1 Å². The summed E-state index contributed by atoms with van der Waals surface area (Å²) in [5.41, 5.74) is 0. The summed E-state index contributed by atoms with van der Waals surface area (Å²) in [6.07, 6.45) is -5.51. The highest BCUT2D eigenvalue weighted by Crippen LogP contribution is 2.27. The van der Waals surface area contributed by atoms with Crippen LogP contribution >= 0.6 is 0 Å². The molecule has 2 heterocycles. The Kier molecular flexibility index (Phi) is 7.12. The predicted octanol–water partition coefficient (Wildman–Crippen LogP) is -3.32. The van der Waals surface area contributed by atoms with Gasteiger partial charge in [0.05, 0.1) is 12.7 Å². The monoisotopic (exact) mass is 389 g/mol. The van der Waals surface area contributed by atoms with E-state index in [-0.39, 0.29) is 24.8 Å². The third-order valence-electron chi connectivity index (χ3n) is 4.79. The first kappa shape index (κ1) is 21.5. The van der Waals surface area contributed by atoms with Gasteiger partial charge in [-0.05, 0) is 0 Å². The summed E-state index contributed by atoms with van der Waals surface area (Å²) in [6, 6.07) is -1.78. The predicted molar refractivity (Wildman–Crippen MR) is 90.1 cm³/mol. The van der Waals surface area contributed by atoms with Gasteiger partial charge in [-0.2, -0.15) is 0 Å². The Morgan fingerprint density at radius 3 is 2.41 bits per heavy atom. The smallest absolute Gasteiger partial charge is 0.242 e. The summed E-state index contributed by atoms with van der Waals surface area (Å²) in [5.74, 6) is -1.09. The van der Waals surface area contributed by atoms with Gasteiger partial charge in [-0.3, -0.25) is 14.4 Å². The van der Waals surface area contributed by atoms with E-state index in [4.69, 9.17) is 9.47 Å². The van der Waals surface area contributed by atoms with Gasteiger partial charge in [0.1, 0.15) is 30.4 Å². The molecule has 2 saturated heterocycles. The zero-order valence-electron chi connectivity index (χ0n) is 15.5. The van der Waals surface area contributed by atoms with Crippen molar-refractivity contribution in [3.8, 4) is 0 Å². The molecule has 2 aliphatic rings. The number of hydrogen-bond donors (Lipinski definition) is 5. The Bertz CT molecular complexity index is 574. The summed E-state index contributed by atoms with van der Waals surface area (Å²) in [5, 5.41) is 34.6. The molecule has 3 amide bonds. The number of ether oxygens (including phenoxy) is 2. The van der Waals surface area contributed by atoms with Crippen molar-refractivity contribution in [2.24, 2.45) is 0 Å². The largest absolute Gasteiger partial charge is 0.394 e. The number of nitrogens with one attached hydrogen (secondary N) is 2. The molecule has 11 heteroatoms. The molecule has 5 N–H and O–H groups in total. The molecule has 0 bridgehead atoms. The number of carbonyl (C=O) groups is 3. The maximum atomic E-state index is 12.0. The highest BCUT2D eigenvalue weighted by molar-refractivity contribution is 5.87. The molecule has 0 aliphatic carbocycles. The van der Waals surface area contributed by atoms with Crippen molar-refractivity contribution in [3.05, 3.63) is 0 Å². The first-order valence-electron chi connectivity index (χ1n) is 8.73. The Labute approximate surface area is 156 Å². The summed E-state index contributed by atoms with van der Waals surface area (Å²) in [4.78, 5) is 36.6. The van der Waals surface area contributed by atoms with Crippen molar-refractivity contribution in [3.63, 3.8) is 0 Å². The van der Waals surface area contributed by atoms with E-state index in [9.17, 15) is 29.7 Å². The molecule has 0 aromatic carbocycles. The van der Waals surface area contributed by atoms with Gasteiger partial charge in [-0.15, -0.1) is 0 Å². The quantitative estimate of drug-likeness (QED) is 0.327. The first-order valence-corrected chi connectivity index (χ1v) is 8.73. The molecule has 0 unspecified atom stereocenters. The highest BCUT2D eigenvalue weighted by atomic mass is 16.7. The minimum absolute atomic E-state index is 0.127. The molecule has 0 spiro atoms. The molecule has 7 atom stereocenters. The number of carbonyl (C=O) groups excluding carboxylic acids is 3. The number of hydrogen-bond acceptors (Lipinski definition) is 8. The zero-order valence-corrected chi connectivity index (χ0v) is 15.5. The van der Waals surface area contributed by atoms with Crippen LogP contribution in [0.25, 0.3) is 0 Å². The van der Waals surface area contributed by atoms with E-state index in [1.54, 1.807) is 0 Å². The Hall–Kier alpha value is -1.79. The molecule has 0 aromatic rings. The van der Waals surface area contributed by atoms with E-state index in [0.29, 0.717) is 0 Å². The molecule has 2 rings (SSSR count). The lowest BCUT2D eigenvalue weighted by molar-refractivity contribution is -0.280. The topological polar surface area (TPSA) is 158 Å². The average molecular weight is 389 g/mol. The number of rotatable bonds is 5. The normalized spacial score (nSPS) is 36.4. The average Bonchev–Trinajstić information content (AvgIpc) is 3.04. The van der Waals surface area contributed by atoms with Crippen molar-refractivity contribution < 1.29 is 39.2 Å². The second-order valence-electron chi connectivity index (χ2n) is 6.73. The molecule has 154 valence electrons. The van der Waals surface area contributed by atoms with Crippen molar-refractivity contribution in [1.29, 1.82) is 0 Å². The van der Waals surface area contributed by atoms with Crippen molar-refractivity contribution in [2.75, 3.05) is 20.2 Å². The van der Waals surface area contributed by atoms with Crippen LogP contribution in [0, 0.1) is 0 Å². The SMILES string of the molecule is CNC(=O)[C@@H]1C[C@H](O[C@H]2O[C@H](CO)[C@@H](O)[C@H](O)[C@H]2NC(C)=O)CN1C(C)=O. The van der Waals surface area contributed by atoms with E-state index in [1.807, 2.05) is 0 Å². The van der Waals surface area contributed by atoms with Crippen LogP contribution in [0.15, 0.2) is 0 Å². The number of aliphatic hydroxyl groups is 3. The van der Waals surface area contributed by atoms with Gasteiger partial charge in [0.25, 0.3) is 0 Å². The van der Waals surface area contributed by atoms with Crippen LogP contribution in [0.5, 0.6) is 0 Å². The Morgan fingerprint density at radius 1 is 1.22 bits per heavy atom. The standard InChI is InChI=1S/C16H27N3O8/c1-7(21)18-12-14(24)13(23)11(6-20)27-16(12)26-9-4-10(15(25)17-3)19(5-9)8(2)22/h9-14,16,20,23-24H,4-6H2,1-3H3,(H,17,25)(H,18,21)/t9-,10-,11+,12+,13+,14+,16-/m0/s1. The van der Waals surface area contributed by atoms with Crippen LogP contribution in [0.4, 0.5) is 0 Å². The van der Waals surface area contributed by atoms with Crippen molar-refractivity contribution in [1.82, 2.24) is 15.5 Å². The van der Waals surface area contributed by atoms with Crippen molar-refractivity contribution >= 4 is 17.7 Å². The third-order valence-corrected chi connectivity index (χ3v) is 4.79. The molecule has 11 nitrogen and oxygen atoms in total.